The molecule has 0 aliphatic heterocycles. The van der Waals surface area contributed by atoms with Crippen molar-refractivity contribution in [2.24, 2.45) is 0 Å². The van der Waals surface area contributed by atoms with E-state index < -0.39 is 53.0 Å². The van der Waals surface area contributed by atoms with Crippen LogP contribution in [0.1, 0.15) is 68.9 Å². The lowest BCUT2D eigenvalue weighted by molar-refractivity contribution is -0.0604. The SMILES string of the molecule is Nc1ccn(Cc2ccncc2)n1.O=S(=O)(OC1CCC1)C(F)(F)F.O=S(=O)(OS(=O)(=O)C(F)(F)F)C(F)(F)F.OC1CCC1.c1cc(Cn2ccc(NC3CCC3)n2)ccn1. The molecule has 62 heavy (non-hydrogen) atoms. The third kappa shape index (κ3) is 17.3. The zero-order valence-corrected chi connectivity index (χ0v) is 34.5. The van der Waals surface area contributed by atoms with Crippen LogP contribution in [-0.4, -0.2) is 94.7 Å². The van der Waals surface area contributed by atoms with Crippen LogP contribution in [0.4, 0.5) is 51.1 Å². The number of hydrogen-bond acceptors (Lipinski definition) is 15. The van der Waals surface area contributed by atoms with Crippen molar-refractivity contribution in [3.63, 3.8) is 0 Å². The van der Waals surface area contributed by atoms with Crippen molar-refractivity contribution < 1.29 is 77.7 Å². The van der Waals surface area contributed by atoms with Gasteiger partial charge in [0.05, 0.1) is 25.3 Å². The largest absolute Gasteiger partial charge is 0.524 e. The van der Waals surface area contributed by atoms with Crippen LogP contribution in [-0.2, 0) is 51.3 Å². The first-order valence-corrected chi connectivity index (χ1v) is 22.3. The van der Waals surface area contributed by atoms with Gasteiger partial charge in [-0.3, -0.25) is 23.5 Å². The highest BCUT2D eigenvalue weighted by Gasteiger charge is 2.57. The molecule has 3 saturated carbocycles. The van der Waals surface area contributed by atoms with Gasteiger partial charge in [0.2, 0.25) is 0 Å². The first-order valence-electron chi connectivity index (χ1n) is 18.1. The van der Waals surface area contributed by atoms with E-state index in [1.807, 2.05) is 63.4 Å². The third-order valence-electron chi connectivity index (χ3n) is 8.37. The number of aromatic nitrogens is 6. The van der Waals surface area contributed by atoms with Crippen molar-refractivity contribution in [1.29, 1.82) is 0 Å². The Morgan fingerprint density at radius 1 is 0.629 bits per heavy atom. The predicted molar refractivity (Wildman–Crippen MR) is 201 cm³/mol. The monoisotopic (exact) mass is 960 g/mol. The second-order valence-electron chi connectivity index (χ2n) is 13.3. The summed E-state index contributed by atoms with van der Waals surface area (Å²) in [4.78, 5) is 7.95. The van der Waals surface area contributed by atoms with E-state index in [1.54, 1.807) is 23.1 Å². The molecule has 0 atom stereocenters. The minimum absolute atomic E-state index is 0.0648. The van der Waals surface area contributed by atoms with Crippen LogP contribution in [0, 0.1) is 0 Å². The number of rotatable bonds is 10. The fourth-order valence-electron chi connectivity index (χ4n) is 4.39. The van der Waals surface area contributed by atoms with Crippen molar-refractivity contribution in [1.82, 2.24) is 29.5 Å². The van der Waals surface area contributed by atoms with Gasteiger partial charge in [0.15, 0.2) is 0 Å². The van der Waals surface area contributed by atoms with Crippen LogP contribution in [0.25, 0.3) is 0 Å². The molecule has 0 bridgehead atoms. The van der Waals surface area contributed by atoms with Crippen LogP contribution in [0.3, 0.4) is 0 Å². The van der Waals surface area contributed by atoms with Crippen LogP contribution in [0.5, 0.6) is 0 Å². The van der Waals surface area contributed by atoms with Crippen LogP contribution >= 0.6 is 0 Å². The van der Waals surface area contributed by atoms with E-state index >= 15 is 0 Å². The van der Waals surface area contributed by atoms with Crippen LogP contribution < -0.4 is 11.1 Å². The van der Waals surface area contributed by atoms with Gasteiger partial charge in [-0.2, -0.15) is 75.0 Å². The lowest BCUT2D eigenvalue weighted by Gasteiger charge is -2.26. The Labute approximate surface area is 349 Å². The number of nitrogens with one attached hydrogen (secondary N) is 1. The van der Waals surface area contributed by atoms with Gasteiger partial charge in [-0.25, -0.2) is 0 Å². The van der Waals surface area contributed by atoms with Crippen LogP contribution in [0.15, 0.2) is 73.6 Å². The molecule has 4 N–H and O–H groups in total. The van der Waals surface area contributed by atoms with E-state index in [1.165, 1.54) is 31.2 Å². The molecular formula is C33H41F9N8O9S3. The summed E-state index contributed by atoms with van der Waals surface area (Å²) in [5.41, 5.74) is -9.93. The maximum Gasteiger partial charge on any atom is 0.524 e. The van der Waals surface area contributed by atoms with Gasteiger partial charge >= 0.3 is 46.9 Å². The van der Waals surface area contributed by atoms with Gasteiger partial charge in [-0.15, -0.1) is 3.63 Å². The smallest absolute Gasteiger partial charge is 0.393 e. The summed E-state index contributed by atoms with van der Waals surface area (Å²) in [6.45, 7) is 1.54. The minimum Gasteiger partial charge on any atom is -0.393 e. The number of aliphatic hydroxyl groups excluding tert-OH is 1. The molecule has 0 aromatic carbocycles. The molecule has 0 radical (unpaired) electrons. The molecule has 3 aliphatic carbocycles. The molecule has 7 rings (SSSR count). The summed E-state index contributed by atoms with van der Waals surface area (Å²) in [5, 5.41) is 20.5. The number of aliphatic hydroxyl groups is 1. The lowest BCUT2D eigenvalue weighted by Crippen LogP contribution is -2.34. The molecule has 348 valence electrons. The number of nitrogens with zero attached hydrogens (tertiary/aromatic N) is 6. The highest BCUT2D eigenvalue weighted by atomic mass is 32.3. The standard InChI is InChI=1S/C13H16N4.C9H10N4.C5H7F3O3S.C4H8O.C2F6O5S2/c1-2-12(3-1)15-13-6-9-17(16-13)10-11-4-7-14-8-5-11;10-9-3-6-13(12-9)7-8-1-4-11-5-2-8;6-5(7,8)12(9,10)11-4-2-1-3-4;5-4-2-1-3-4;3-1(4,5)14(9,10)13-15(11,12)2(6,7)8/h4-9,12H,1-3,10H2,(H,15,16);1-6H,7H2,(H2,10,12);4H,1-3H2;4-5H,1-3H2;. The Morgan fingerprint density at radius 3 is 1.35 bits per heavy atom. The number of pyridine rings is 2. The highest BCUT2D eigenvalue weighted by molar-refractivity contribution is 8.00. The second-order valence-corrected chi connectivity index (χ2v) is 18.2. The fourth-order valence-corrected chi connectivity index (χ4v) is 6.61. The topological polar surface area (TPSA) is 241 Å². The number of nitrogen functional groups attached to an aromatic ring is 1. The zero-order valence-electron chi connectivity index (χ0n) is 32.0. The molecule has 0 saturated heterocycles. The van der Waals surface area contributed by atoms with Gasteiger partial charge in [0.25, 0.3) is 0 Å². The van der Waals surface area contributed by atoms with Crippen molar-refractivity contribution in [2.75, 3.05) is 11.1 Å². The maximum absolute atomic E-state index is 11.6. The quantitative estimate of drug-likeness (QED) is 0.0962. The molecule has 3 aliphatic rings. The highest BCUT2D eigenvalue weighted by Crippen LogP contribution is 2.33. The minimum atomic E-state index is -6.85. The van der Waals surface area contributed by atoms with E-state index in [4.69, 9.17) is 10.8 Å². The van der Waals surface area contributed by atoms with Crippen LogP contribution in [0.2, 0.25) is 0 Å². The molecule has 17 nitrogen and oxygen atoms in total. The summed E-state index contributed by atoms with van der Waals surface area (Å²) in [5.74, 6) is 1.54. The number of alkyl halides is 9. The number of anilines is 2. The fraction of sp³-hybridized carbons (Fsp3) is 0.515. The Bertz CT molecular complexity index is 2240. The van der Waals surface area contributed by atoms with Crippen molar-refractivity contribution in [3.05, 3.63) is 84.7 Å². The van der Waals surface area contributed by atoms with Gasteiger partial charge in [-0.05, 0) is 99.2 Å². The van der Waals surface area contributed by atoms with Gasteiger partial charge in [0.1, 0.15) is 11.6 Å². The van der Waals surface area contributed by atoms with E-state index in [-0.39, 0.29) is 6.10 Å². The van der Waals surface area contributed by atoms with Gasteiger partial charge in [-0.1, -0.05) is 0 Å². The molecule has 3 fully saturated rings. The maximum atomic E-state index is 11.6. The number of nitrogens with two attached hydrogens (primary N) is 1. The number of hydrogen-bond donors (Lipinski definition) is 3. The first-order chi connectivity index (χ1) is 28.7. The summed E-state index contributed by atoms with van der Waals surface area (Å²) in [6, 6.07) is 12.4. The van der Waals surface area contributed by atoms with Crippen molar-refractivity contribution >= 4 is 42.0 Å². The normalized spacial score (nSPS) is 16.2. The molecule has 4 heterocycles. The van der Waals surface area contributed by atoms with Crippen molar-refractivity contribution in [2.45, 2.75) is 106 Å². The van der Waals surface area contributed by atoms with E-state index in [0.29, 0.717) is 24.7 Å². The summed E-state index contributed by atoms with van der Waals surface area (Å²) in [7, 11) is -19.1. The lowest BCUT2D eigenvalue weighted by atomic mass is 9.93. The molecular weight excluding hydrogens is 920 g/mol. The molecule has 4 aromatic rings. The van der Waals surface area contributed by atoms with E-state index in [2.05, 4.69) is 29.7 Å². The van der Waals surface area contributed by atoms with Gasteiger partial charge < -0.3 is 16.2 Å². The Hall–Kier alpha value is -4.58. The zero-order chi connectivity index (χ0) is 46.4. The summed E-state index contributed by atoms with van der Waals surface area (Å²) < 4.78 is 173. The van der Waals surface area contributed by atoms with E-state index in [0.717, 1.165) is 43.7 Å². The molecule has 4 aromatic heterocycles. The molecule has 0 amide bonds. The number of halogens is 9. The Morgan fingerprint density at radius 2 is 1.03 bits per heavy atom. The Kier molecular flexibility index (Phi) is 18.5. The first kappa shape index (κ1) is 51.8. The Balaban J connectivity index is 0.000000213. The summed E-state index contributed by atoms with van der Waals surface area (Å²) in [6.07, 6.45) is 19.0. The molecule has 0 spiro atoms. The molecule has 29 heteroatoms. The molecule has 0 unspecified atom stereocenters. The van der Waals surface area contributed by atoms with E-state index in [9.17, 15) is 64.8 Å². The third-order valence-corrected chi connectivity index (χ3v) is 12.0. The second kappa shape index (κ2) is 22.2. The average Bonchev–Trinajstić information content (AvgIpc) is 3.75. The predicted octanol–water partition coefficient (Wildman–Crippen LogP) is 5.84. The average molecular weight is 961 g/mol. The summed E-state index contributed by atoms with van der Waals surface area (Å²) >= 11 is 0. The van der Waals surface area contributed by atoms with Gasteiger partial charge in [0, 0.05) is 49.3 Å². The van der Waals surface area contributed by atoms with Crippen molar-refractivity contribution in [3.8, 4) is 0 Å².